The summed E-state index contributed by atoms with van der Waals surface area (Å²) in [5, 5.41) is 2.42. The van der Waals surface area contributed by atoms with Crippen LogP contribution in [0.2, 0.25) is 0 Å². The van der Waals surface area contributed by atoms with Crippen LogP contribution in [0.4, 0.5) is 4.79 Å². The van der Waals surface area contributed by atoms with Gasteiger partial charge in [0.25, 0.3) is 0 Å². The number of rotatable bonds is 2. The van der Waals surface area contributed by atoms with E-state index in [1.165, 1.54) is 0 Å². The lowest BCUT2D eigenvalue weighted by molar-refractivity contribution is 0.148. The highest BCUT2D eigenvalue weighted by Crippen LogP contribution is 2.10. The quantitative estimate of drug-likeness (QED) is 0.615. The van der Waals surface area contributed by atoms with Crippen molar-refractivity contribution < 1.29 is 17.9 Å². The average Bonchev–Trinajstić information content (AvgIpc) is 2.25. The van der Waals surface area contributed by atoms with Crippen LogP contribution in [-0.2, 0) is 14.6 Å². The number of alkyl carbamates (subject to hydrolysis) is 1. The minimum atomic E-state index is -3.10. The summed E-state index contributed by atoms with van der Waals surface area (Å²) < 4.78 is 26.9. The van der Waals surface area contributed by atoms with E-state index in [0.29, 0.717) is 0 Å². The Labute approximate surface area is 82.7 Å². The van der Waals surface area contributed by atoms with Crippen LogP contribution in [0.15, 0.2) is 0 Å². The molecule has 0 unspecified atom stereocenters. The molecule has 0 aromatic carbocycles. The molecule has 1 saturated heterocycles. The molecule has 14 heavy (non-hydrogen) atoms. The molecule has 0 spiro atoms. The molecule has 1 aliphatic rings. The van der Waals surface area contributed by atoms with Crippen LogP contribution in [0.25, 0.3) is 0 Å². The van der Waals surface area contributed by atoms with E-state index in [0.717, 1.165) is 0 Å². The lowest BCUT2D eigenvalue weighted by Gasteiger charge is -2.14. The first kappa shape index (κ1) is 11.3. The Kier molecular flexibility index (Phi) is 3.33. The molecule has 0 aromatic rings. The molecule has 0 aromatic heterocycles. The van der Waals surface area contributed by atoms with E-state index < -0.39 is 28.0 Å². The van der Waals surface area contributed by atoms with Gasteiger partial charge in [-0.3, -0.25) is 0 Å². The molecule has 0 radical (unpaired) electrons. The van der Waals surface area contributed by atoms with Gasteiger partial charge in [0.15, 0.2) is 9.84 Å². The summed E-state index contributed by atoms with van der Waals surface area (Å²) in [7, 11) is -3.10. The highest BCUT2D eigenvalue weighted by molar-refractivity contribution is 7.91. The molecule has 6 nitrogen and oxygen atoms in total. The van der Waals surface area contributed by atoms with Gasteiger partial charge in [0.1, 0.15) is 0 Å². The molecule has 1 aliphatic heterocycles. The highest BCUT2D eigenvalue weighted by Gasteiger charge is 2.36. The number of carbonyl (C=O) groups is 1. The molecule has 7 heteroatoms. The monoisotopic (exact) mass is 222 g/mol. The predicted octanol–water partition coefficient (Wildman–Crippen LogP) is -1.14. The Morgan fingerprint density at radius 3 is 2.64 bits per heavy atom. The second kappa shape index (κ2) is 4.14. The number of hydrogen-bond donors (Lipinski definition) is 2. The summed E-state index contributed by atoms with van der Waals surface area (Å²) in [6.45, 7) is 1.92. The number of ether oxygens (including phenoxy) is 1. The Balaban J connectivity index is 2.51. The summed E-state index contributed by atoms with van der Waals surface area (Å²) in [5.41, 5.74) is 5.55. The first-order valence-corrected chi connectivity index (χ1v) is 6.16. The lowest BCUT2D eigenvalue weighted by atomic mass is 10.2. The maximum Gasteiger partial charge on any atom is 0.407 e. The van der Waals surface area contributed by atoms with Crippen molar-refractivity contribution in [3.63, 3.8) is 0 Å². The molecule has 82 valence electrons. The number of nitrogens with one attached hydrogen (secondary N) is 1. The zero-order chi connectivity index (χ0) is 10.8. The fourth-order valence-corrected chi connectivity index (χ4v) is 3.18. The molecule has 1 heterocycles. The molecular weight excluding hydrogens is 208 g/mol. The normalized spacial score (nSPS) is 29.9. The van der Waals surface area contributed by atoms with Crippen LogP contribution in [0.5, 0.6) is 0 Å². The molecule has 0 aliphatic carbocycles. The van der Waals surface area contributed by atoms with E-state index >= 15 is 0 Å². The predicted molar refractivity (Wildman–Crippen MR) is 50.6 cm³/mol. The molecule has 1 amide bonds. The van der Waals surface area contributed by atoms with E-state index in [1.807, 2.05) is 0 Å². The molecule has 1 fully saturated rings. The van der Waals surface area contributed by atoms with E-state index in [-0.39, 0.29) is 18.1 Å². The Bertz CT molecular complexity index is 314. The molecule has 0 saturated carbocycles. The van der Waals surface area contributed by atoms with Crippen LogP contribution < -0.4 is 11.1 Å². The van der Waals surface area contributed by atoms with Crippen LogP contribution in [0.3, 0.4) is 0 Å². The highest BCUT2D eigenvalue weighted by atomic mass is 32.2. The van der Waals surface area contributed by atoms with E-state index in [1.54, 1.807) is 6.92 Å². The minimum absolute atomic E-state index is 0.0793. The zero-order valence-corrected chi connectivity index (χ0v) is 8.71. The zero-order valence-electron chi connectivity index (χ0n) is 7.89. The van der Waals surface area contributed by atoms with Gasteiger partial charge in [-0.25, -0.2) is 13.2 Å². The van der Waals surface area contributed by atoms with Crippen molar-refractivity contribution in [2.24, 2.45) is 5.73 Å². The van der Waals surface area contributed by atoms with Gasteiger partial charge in [-0.15, -0.1) is 0 Å². The van der Waals surface area contributed by atoms with E-state index in [2.05, 4.69) is 10.1 Å². The van der Waals surface area contributed by atoms with Gasteiger partial charge in [0, 0.05) is 6.04 Å². The lowest BCUT2D eigenvalue weighted by Crippen LogP contribution is -2.46. The summed E-state index contributed by atoms with van der Waals surface area (Å²) in [5.74, 6) is -0.183. The van der Waals surface area contributed by atoms with Crippen molar-refractivity contribution in [3.8, 4) is 0 Å². The number of amides is 1. The van der Waals surface area contributed by atoms with Crippen molar-refractivity contribution in [1.29, 1.82) is 0 Å². The second-order valence-electron chi connectivity index (χ2n) is 3.21. The van der Waals surface area contributed by atoms with Gasteiger partial charge >= 0.3 is 6.09 Å². The summed E-state index contributed by atoms with van der Waals surface area (Å²) in [6, 6.07) is -1.07. The van der Waals surface area contributed by atoms with Crippen molar-refractivity contribution in [1.82, 2.24) is 5.32 Å². The average molecular weight is 222 g/mol. The van der Waals surface area contributed by atoms with Gasteiger partial charge in [0.05, 0.1) is 24.2 Å². The fourth-order valence-electron chi connectivity index (χ4n) is 1.35. The van der Waals surface area contributed by atoms with Crippen LogP contribution in [-0.4, -0.2) is 44.7 Å². The minimum Gasteiger partial charge on any atom is -0.450 e. The van der Waals surface area contributed by atoms with E-state index in [9.17, 15) is 13.2 Å². The second-order valence-corrected chi connectivity index (χ2v) is 5.37. The Morgan fingerprint density at radius 1 is 1.57 bits per heavy atom. The third kappa shape index (κ3) is 2.85. The molecule has 3 N–H and O–H groups in total. The third-order valence-corrected chi connectivity index (χ3v) is 3.74. The van der Waals surface area contributed by atoms with Crippen molar-refractivity contribution >= 4 is 15.9 Å². The SMILES string of the molecule is CCOC(=O)N[C@@H]1CS(=O)(=O)C[C@H]1N. The standard InChI is InChI=1S/C7H14N2O4S/c1-2-13-7(10)9-6-4-14(11,12)3-5(6)8/h5-6H,2-4,8H2,1H3,(H,9,10)/t5-,6-/m1/s1. The molecular formula is C7H14N2O4S. The molecule has 0 bridgehead atoms. The van der Waals surface area contributed by atoms with E-state index in [4.69, 9.17) is 5.73 Å². The fraction of sp³-hybridized carbons (Fsp3) is 0.857. The number of nitrogens with two attached hydrogens (primary N) is 1. The van der Waals surface area contributed by atoms with Crippen molar-refractivity contribution in [2.45, 2.75) is 19.0 Å². The largest absolute Gasteiger partial charge is 0.450 e. The van der Waals surface area contributed by atoms with Gasteiger partial charge < -0.3 is 15.8 Å². The maximum absolute atomic E-state index is 11.1. The summed E-state index contributed by atoms with van der Waals surface area (Å²) in [4.78, 5) is 11.0. The van der Waals surface area contributed by atoms with Gasteiger partial charge in [-0.05, 0) is 6.92 Å². The number of sulfone groups is 1. The number of carbonyl (C=O) groups excluding carboxylic acids is 1. The first-order chi connectivity index (χ1) is 6.44. The first-order valence-electron chi connectivity index (χ1n) is 4.34. The van der Waals surface area contributed by atoms with Gasteiger partial charge in [-0.1, -0.05) is 0 Å². The topological polar surface area (TPSA) is 98.5 Å². The smallest absolute Gasteiger partial charge is 0.407 e. The third-order valence-electron chi connectivity index (χ3n) is 1.98. The van der Waals surface area contributed by atoms with Gasteiger partial charge in [-0.2, -0.15) is 0 Å². The maximum atomic E-state index is 11.1. The molecule has 2 atom stereocenters. The Hall–Kier alpha value is -0.820. The van der Waals surface area contributed by atoms with Crippen molar-refractivity contribution in [3.05, 3.63) is 0 Å². The number of hydrogen-bond acceptors (Lipinski definition) is 5. The van der Waals surface area contributed by atoms with Crippen LogP contribution in [0, 0.1) is 0 Å². The van der Waals surface area contributed by atoms with Crippen LogP contribution in [0.1, 0.15) is 6.92 Å². The molecule has 1 rings (SSSR count). The van der Waals surface area contributed by atoms with Crippen molar-refractivity contribution in [2.75, 3.05) is 18.1 Å². The summed E-state index contributed by atoms with van der Waals surface area (Å²) in [6.07, 6.45) is -0.620. The van der Waals surface area contributed by atoms with Gasteiger partial charge in [0.2, 0.25) is 0 Å². The Morgan fingerprint density at radius 2 is 2.21 bits per heavy atom. The van der Waals surface area contributed by atoms with Crippen LogP contribution >= 0.6 is 0 Å². The summed E-state index contributed by atoms with van der Waals surface area (Å²) >= 11 is 0.